The van der Waals surface area contributed by atoms with E-state index in [2.05, 4.69) is 9.88 Å². The zero-order valence-electron chi connectivity index (χ0n) is 12.4. The maximum absolute atomic E-state index is 12.3. The topological polar surface area (TPSA) is 92.4 Å². The van der Waals surface area contributed by atoms with Gasteiger partial charge in [0, 0.05) is 11.6 Å². The molecule has 1 heterocycles. The number of nitrogens with one attached hydrogen (secondary N) is 1. The molecule has 2 rings (SSSR count). The van der Waals surface area contributed by atoms with Crippen LogP contribution in [0, 0.1) is 13.8 Å². The van der Waals surface area contributed by atoms with E-state index in [1.165, 1.54) is 18.2 Å². The van der Waals surface area contributed by atoms with E-state index in [0.717, 1.165) is 11.3 Å². The van der Waals surface area contributed by atoms with Gasteiger partial charge >= 0.3 is 0 Å². The molecule has 8 heteroatoms. The predicted octanol–water partition coefficient (Wildman–Crippen LogP) is 2.56. The van der Waals surface area contributed by atoms with Gasteiger partial charge in [-0.2, -0.15) is 0 Å². The monoisotopic (exact) mass is 344 g/mol. The summed E-state index contributed by atoms with van der Waals surface area (Å²) < 4.78 is 32.3. The molecule has 2 aromatic rings. The smallest absolute Gasteiger partial charge is 0.244 e. The number of nitrogens with zero attached hydrogens (tertiary/aromatic N) is 1. The Labute approximate surface area is 134 Å². The first kappa shape index (κ1) is 16.8. The summed E-state index contributed by atoms with van der Waals surface area (Å²) in [6.45, 7) is 5.31. The molecule has 1 aromatic heterocycles. The van der Waals surface area contributed by atoms with Crippen molar-refractivity contribution in [3.8, 4) is 5.75 Å². The molecular weight excluding hydrogens is 328 g/mol. The fraction of sp³-hybridized carbons (Fsp3) is 0.357. The summed E-state index contributed by atoms with van der Waals surface area (Å²) in [6, 6.07) is 3.78. The van der Waals surface area contributed by atoms with Crippen molar-refractivity contribution in [3.05, 3.63) is 40.2 Å². The van der Waals surface area contributed by atoms with Gasteiger partial charge in [-0.05, 0) is 39.3 Å². The van der Waals surface area contributed by atoms with Crippen molar-refractivity contribution < 1.29 is 18.0 Å². The Balaban J connectivity index is 2.20. The van der Waals surface area contributed by atoms with Gasteiger partial charge < -0.3 is 9.63 Å². The average molecular weight is 345 g/mol. The third kappa shape index (κ3) is 3.43. The highest BCUT2D eigenvalue weighted by Crippen LogP contribution is 2.30. The molecule has 1 aromatic carbocycles. The van der Waals surface area contributed by atoms with Crippen LogP contribution in [0.5, 0.6) is 5.75 Å². The fourth-order valence-electron chi connectivity index (χ4n) is 2.18. The van der Waals surface area contributed by atoms with Gasteiger partial charge in [0.15, 0.2) is 5.75 Å². The van der Waals surface area contributed by atoms with Crippen LogP contribution >= 0.6 is 11.6 Å². The van der Waals surface area contributed by atoms with E-state index in [9.17, 15) is 13.5 Å². The lowest BCUT2D eigenvalue weighted by atomic mass is 10.1. The predicted molar refractivity (Wildman–Crippen MR) is 82.6 cm³/mol. The largest absolute Gasteiger partial charge is 0.505 e. The van der Waals surface area contributed by atoms with Crippen LogP contribution in [0.15, 0.2) is 27.6 Å². The van der Waals surface area contributed by atoms with Crippen molar-refractivity contribution >= 4 is 21.6 Å². The lowest BCUT2D eigenvalue weighted by Crippen LogP contribution is -2.34. The number of aromatic nitrogens is 1. The number of hydrogen-bond acceptors (Lipinski definition) is 5. The van der Waals surface area contributed by atoms with Crippen molar-refractivity contribution in [3.63, 3.8) is 0 Å². The number of sulfonamides is 1. The quantitative estimate of drug-likeness (QED) is 0.869. The van der Waals surface area contributed by atoms with Gasteiger partial charge in [0.2, 0.25) is 10.0 Å². The molecule has 2 N–H and O–H groups in total. The fourth-order valence-corrected chi connectivity index (χ4v) is 3.77. The van der Waals surface area contributed by atoms with Gasteiger partial charge in [-0.3, -0.25) is 0 Å². The van der Waals surface area contributed by atoms with Gasteiger partial charge in [0.05, 0.1) is 10.7 Å². The summed E-state index contributed by atoms with van der Waals surface area (Å²) in [7, 11) is -3.88. The van der Waals surface area contributed by atoms with Gasteiger partial charge in [0.25, 0.3) is 0 Å². The van der Waals surface area contributed by atoms with Crippen molar-refractivity contribution in [2.24, 2.45) is 0 Å². The van der Waals surface area contributed by atoms with Crippen molar-refractivity contribution in [2.75, 3.05) is 0 Å². The number of halogens is 1. The van der Waals surface area contributed by atoms with Crippen LogP contribution < -0.4 is 4.72 Å². The first-order valence-corrected chi connectivity index (χ1v) is 8.50. The van der Waals surface area contributed by atoms with Gasteiger partial charge in [-0.15, -0.1) is 0 Å². The van der Waals surface area contributed by atoms with Crippen LogP contribution in [-0.4, -0.2) is 24.7 Å². The van der Waals surface area contributed by atoms with Crippen molar-refractivity contribution in [2.45, 2.75) is 38.1 Å². The van der Waals surface area contributed by atoms with Crippen molar-refractivity contribution in [1.29, 1.82) is 0 Å². The van der Waals surface area contributed by atoms with E-state index >= 15 is 0 Å². The molecule has 0 radical (unpaired) electrons. The number of phenols is 1. The third-order valence-corrected chi connectivity index (χ3v) is 5.21. The Bertz CT molecular complexity index is 767. The Morgan fingerprint density at radius 1 is 1.41 bits per heavy atom. The minimum atomic E-state index is -3.88. The van der Waals surface area contributed by atoms with Gasteiger partial charge in [-0.1, -0.05) is 22.8 Å². The Hall–Kier alpha value is -1.57. The van der Waals surface area contributed by atoms with Crippen LogP contribution in [0.2, 0.25) is 5.02 Å². The molecule has 0 aliphatic heterocycles. The highest BCUT2D eigenvalue weighted by atomic mass is 35.5. The Kier molecular flexibility index (Phi) is 4.79. The lowest BCUT2D eigenvalue weighted by molar-refractivity contribution is 0.392. The molecule has 0 fully saturated rings. The molecule has 0 amide bonds. The number of aromatic hydroxyl groups is 1. The molecule has 0 bridgehead atoms. The molecule has 22 heavy (non-hydrogen) atoms. The van der Waals surface area contributed by atoms with E-state index in [1.54, 1.807) is 20.8 Å². The first-order chi connectivity index (χ1) is 10.2. The highest BCUT2D eigenvalue weighted by molar-refractivity contribution is 7.89. The van der Waals surface area contributed by atoms with Crippen LogP contribution in [0.3, 0.4) is 0 Å². The Morgan fingerprint density at radius 2 is 2.09 bits per heavy atom. The number of rotatable bonds is 5. The second-order valence-corrected chi connectivity index (χ2v) is 7.21. The summed E-state index contributed by atoms with van der Waals surface area (Å²) in [6.07, 6.45) is 0.432. The van der Waals surface area contributed by atoms with Gasteiger partial charge in [0.1, 0.15) is 10.7 Å². The zero-order valence-corrected chi connectivity index (χ0v) is 14.0. The SMILES string of the molecule is Cc1noc(C)c1CC(C)NS(=O)(=O)c1cccc(Cl)c1O. The van der Waals surface area contributed by atoms with E-state index in [1.807, 2.05) is 0 Å². The van der Waals surface area contributed by atoms with E-state index in [4.69, 9.17) is 16.1 Å². The second kappa shape index (κ2) is 6.28. The van der Waals surface area contributed by atoms with E-state index in [0.29, 0.717) is 12.2 Å². The van der Waals surface area contributed by atoms with Crippen LogP contribution in [0.25, 0.3) is 0 Å². The second-order valence-electron chi connectivity index (χ2n) is 5.12. The van der Waals surface area contributed by atoms with Crippen LogP contribution in [-0.2, 0) is 16.4 Å². The maximum atomic E-state index is 12.3. The van der Waals surface area contributed by atoms with Crippen molar-refractivity contribution in [1.82, 2.24) is 9.88 Å². The molecule has 0 saturated carbocycles. The number of benzene rings is 1. The maximum Gasteiger partial charge on any atom is 0.244 e. The standard InChI is InChI=1S/C14H17ClN2O4S/c1-8(7-11-9(2)16-21-10(11)3)17-22(19,20)13-6-4-5-12(15)14(13)18/h4-6,8,17-18H,7H2,1-3H3. The summed E-state index contributed by atoms with van der Waals surface area (Å²) in [5.74, 6) is 0.204. The number of hydrogen-bond donors (Lipinski definition) is 2. The van der Waals surface area contributed by atoms with Gasteiger partial charge in [-0.25, -0.2) is 13.1 Å². The summed E-state index contributed by atoms with van der Waals surface area (Å²) in [4.78, 5) is -0.245. The normalized spacial score (nSPS) is 13.3. The average Bonchev–Trinajstić information content (AvgIpc) is 2.73. The zero-order chi connectivity index (χ0) is 16.5. The minimum absolute atomic E-state index is 0.0127. The summed E-state index contributed by atoms with van der Waals surface area (Å²) >= 11 is 5.75. The third-order valence-electron chi connectivity index (χ3n) is 3.29. The van der Waals surface area contributed by atoms with Crippen LogP contribution in [0.4, 0.5) is 0 Å². The number of aryl methyl sites for hydroxylation is 2. The molecule has 0 aliphatic rings. The van der Waals surface area contributed by atoms with E-state index < -0.39 is 21.8 Å². The molecule has 1 unspecified atom stereocenters. The molecular formula is C14H17ClN2O4S. The summed E-state index contributed by atoms with van der Waals surface area (Å²) in [5, 5.41) is 13.6. The first-order valence-electron chi connectivity index (χ1n) is 6.64. The van der Waals surface area contributed by atoms with Crippen LogP contribution in [0.1, 0.15) is 23.9 Å². The molecule has 120 valence electrons. The summed E-state index contributed by atoms with van der Waals surface area (Å²) in [5.41, 5.74) is 1.60. The molecule has 0 spiro atoms. The highest BCUT2D eigenvalue weighted by Gasteiger charge is 2.23. The molecule has 6 nitrogen and oxygen atoms in total. The lowest BCUT2D eigenvalue weighted by Gasteiger charge is -2.15. The number of phenolic OH excluding ortho intramolecular Hbond substituents is 1. The van der Waals surface area contributed by atoms with E-state index in [-0.39, 0.29) is 9.92 Å². The number of para-hydroxylation sites is 1. The molecule has 0 aliphatic carbocycles. The molecule has 0 saturated heterocycles. The minimum Gasteiger partial charge on any atom is -0.505 e. The Morgan fingerprint density at radius 3 is 2.68 bits per heavy atom. The molecule has 1 atom stereocenters.